The molecule has 0 saturated heterocycles. The maximum absolute atomic E-state index is 12.2. The normalized spacial score (nSPS) is 14.1. The third-order valence-electron chi connectivity index (χ3n) is 4.08. The van der Waals surface area contributed by atoms with Crippen molar-refractivity contribution in [2.45, 2.75) is 51.7 Å². The largest absolute Gasteiger partial charge is 0.443 e. The van der Waals surface area contributed by atoms with Crippen molar-refractivity contribution in [3.8, 4) is 0 Å². The molecule has 0 aromatic carbocycles. The number of nitrogens with zero attached hydrogens (tertiary/aromatic N) is 4. The summed E-state index contributed by atoms with van der Waals surface area (Å²) in [7, 11) is 3.29. The highest BCUT2D eigenvalue weighted by atomic mass is 35.5. The Balaban J connectivity index is 0.000000397. The smallest absolute Gasteiger partial charge is 0.415 e. The zero-order valence-electron chi connectivity index (χ0n) is 16.7. The predicted octanol–water partition coefficient (Wildman–Crippen LogP) is 3.04. The highest BCUT2D eigenvalue weighted by Crippen LogP contribution is 2.23. The van der Waals surface area contributed by atoms with Crippen molar-refractivity contribution in [1.82, 2.24) is 14.6 Å². The van der Waals surface area contributed by atoms with Gasteiger partial charge in [0.25, 0.3) is 5.91 Å². The van der Waals surface area contributed by atoms with Crippen LogP contribution in [-0.2, 0) is 9.47 Å². The summed E-state index contributed by atoms with van der Waals surface area (Å²) in [6, 6.07) is 1.44. The van der Waals surface area contributed by atoms with Gasteiger partial charge in [-0.05, 0) is 40.0 Å². The Morgan fingerprint density at radius 2 is 2.00 bits per heavy atom. The standard InChI is InChI=1S/C13H16ClN5O3.C5H10O/c1-13(2,3)22-12(21)18(4)9-5-8(14)17-11-7(10(15)20)6-16-19(9)11;1-6-5-3-2-4-5/h5-6H,1-4H3,(H2,15,20);5H,2-4H2,1H3. The maximum Gasteiger partial charge on any atom is 0.415 e. The van der Waals surface area contributed by atoms with Crippen LogP contribution in [0, 0.1) is 0 Å². The number of anilines is 1. The number of nitrogens with two attached hydrogens (primary N) is 1. The second kappa shape index (κ2) is 8.74. The van der Waals surface area contributed by atoms with Crippen LogP contribution in [0.5, 0.6) is 0 Å². The number of amides is 2. The van der Waals surface area contributed by atoms with Gasteiger partial charge in [0.1, 0.15) is 22.1 Å². The quantitative estimate of drug-likeness (QED) is 0.777. The lowest BCUT2D eigenvalue weighted by atomic mass is 9.96. The third kappa shape index (κ3) is 5.32. The molecule has 1 aliphatic rings. The highest BCUT2D eigenvalue weighted by Gasteiger charge is 2.24. The lowest BCUT2D eigenvalue weighted by molar-refractivity contribution is 0.0412. The minimum Gasteiger partial charge on any atom is -0.443 e. The van der Waals surface area contributed by atoms with Gasteiger partial charge in [-0.15, -0.1) is 0 Å². The molecule has 2 aromatic heterocycles. The molecule has 0 aliphatic heterocycles. The molecule has 1 saturated carbocycles. The van der Waals surface area contributed by atoms with E-state index in [1.807, 2.05) is 0 Å². The van der Waals surface area contributed by atoms with E-state index in [2.05, 4.69) is 10.1 Å². The fraction of sp³-hybridized carbons (Fsp3) is 0.556. The van der Waals surface area contributed by atoms with E-state index in [4.69, 9.17) is 26.8 Å². The van der Waals surface area contributed by atoms with Crippen molar-refractivity contribution in [2.24, 2.45) is 5.73 Å². The molecule has 2 aromatic rings. The maximum atomic E-state index is 12.2. The van der Waals surface area contributed by atoms with Crippen LogP contribution < -0.4 is 10.6 Å². The van der Waals surface area contributed by atoms with Crippen LogP contribution in [0.3, 0.4) is 0 Å². The highest BCUT2D eigenvalue weighted by molar-refractivity contribution is 6.30. The topological polar surface area (TPSA) is 112 Å². The van der Waals surface area contributed by atoms with Crippen LogP contribution in [-0.4, -0.2) is 52.5 Å². The molecule has 1 aliphatic carbocycles. The minimum atomic E-state index is -0.685. The van der Waals surface area contributed by atoms with E-state index >= 15 is 0 Å². The summed E-state index contributed by atoms with van der Waals surface area (Å²) in [5.74, 6) is -0.382. The summed E-state index contributed by atoms with van der Waals surface area (Å²) in [6.45, 7) is 5.27. The molecule has 28 heavy (non-hydrogen) atoms. The summed E-state index contributed by atoms with van der Waals surface area (Å²) in [6.07, 6.45) is 5.25. The number of hydrogen-bond acceptors (Lipinski definition) is 6. The summed E-state index contributed by atoms with van der Waals surface area (Å²) >= 11 is 5.96. The van der Waals surface area contributed by atoms with Gasteiger partial charge in [-0.2, -0.15) is 9.61 Å². The van der Waals surface area contributed by atoms with Crippen LogP contribution >= 0.6 is 11.6 Å². The number of fused-ring (bicyclic) bond motifs is 1. The number of carbonyl (C=O) groups is 2. The Bertz CT molecular complexity index is 855. The zero-order chi connectivity index (χ0) is 21.1. The molecule has 3 rings (SSSR count). The van der Waals surface area contributed by atoms with Gasteiger partial charge in [0.15, 0.2) is 5.65 Å². The summed E-state index contributed by atoms with van der Waals surface area (Å²) < 4.78 is 11.6. The average molecular weight is 412 g/mol. The molecule has 10 heteroatoms. The van der Waals surface area contributed by atoms with E-state index in [1.54, 1.807) is 27.9 Å². The van der Waals surface area contributed by atoms with E-state index < -0.39 is 17.6 Å². The van der Waals surface area contributed by atoms with Crippen LogP contribution in [0.2, 0.25) is 5.15 Å². The zero-order valence-corrected chi connectivity index (χ0v) is 17.5. The van der Waals surface area contributed by atoms with Crippen LogP contribution in [0.15, 0.2) is 12.3 Å². The SMILES string of the molecule is CN(C(=O)OC(C)(C)C)c1cc(Cl)nc2c(C(N)=O)cnn12.COC1CCC1. The molecule has 154 valence electrons. The lowest BCUT2D eigenvalue weighted by Gasteiger charge is -2.24. The number of ether oxygens (including phenoxy) is 2. The number of carbonyl (C=O) groups excluding carboxylic acids is 2. The number of rotatable bonds is 3. The molecule has 0 atom stereocenters. The number of aromatic nitrogens is 3. The average Bonchev–Trinajstić information content (AvgIpc) is 2.95. The Morgan fingerprint density at radius 1 is 1.36 bits per heavy atom. The van der Waals surface area contributed by atoms with Gasteiger partial charge in [-0.1, -0.05) is 11.6 Å². The van der Waals surface area contributed by atoms with Gasteiger partial charge < -0.3 is 15.2 Å². The summed E-state index contributed by atoms with van der Waals surface area (Å²) in [5.41, 5.74) is 4.90. The number of primary amides is 1. The summed E-state index contributed by atoms with van der Waals surface area (Å²) in [4.78, 5) is 28.8. The Kier molecular flexibility index (Phi) is 6.84. The molecule has 2 N–H and O–H groups in total. The fourth-order valence-corrected chi connectivity index (χ4v) is 2.54. The van der Waals surface area contributed by atoms with E-state index in [1.165, 1.54) is 48.0 Å². The van der Waals surface area contributed by atoms with Gasteiger partial charge >= 0.3 is 6.09 Å². The Hall–Kier alpha value is -2.39. The second-order valence-electron chi connectivity index (χ2n) is 7.42. The number of methoxy groups -OCH3 is 1. The molecular formula is C18H26ClN5O4. The number of halogens is 1. The van der Waals surface area contributed by atoms with E-state index in [-0.39, 0.29) is 16.4 Å². The van der Waals surface area contributed by atoms with Crippen molar-refractivity contribution in [3.63, 3.8) is 0 Å². The molecule has 0 unspecified atom stereocenters. The van der Waals surface area contributed by atoms with Crippen LogP contribution in [0.1, 0.15) is 50.4 Å². The molecule has 0 bridgehead atoms. The van der Waals surface area contributed by atoms with Crippen molar-refractivity contribution in [2.75, 3.05) is 19.1 Å². The predicted molar refractivity (Wildman–Crippen MR) is 106 cm³/mol. The summed E-state index contributed by atoms with van der Waals surface area (Å²) in [5, 5.41) is 4.12. The lowest BCUT2D eigenvalue weighted by Crippen LogP contribution is -2.35. The van der Waals surface area contributed by atoms with Crippen LogP contribution in [0.4, 0.5) is 10.6 Å². The molecule has 0 spiro atoms. The third-order valence-corrected chi connectivity index (χ3v) is 4.28. The molecule has 2 amide bonds. The van der Waals surface area contributed by atoms with Gasteiger partial charge in [0.2, 0.25) is 0 Å². The van der Waals surface area contributed by atoms with Gasteiger partial charge in [-0.25, -0.2) is 9.78 Å². The molecule has 0 radical (unpaired) electrons. The van der Waals surface area contributed by atoms with Crippen molar-refractivity contribution in [1.29, 1.82) is 0 Å². The second-order valence-corrected chi connectivity index (χ2v) is 7.81. The van der Waals surface area contributed by atoms with Crippen molar-refractivity contribution < 1.29 is 19.1 Å². The monoisotopic (exact) mass is 411 g/mol. The first-order valence-electron chi connectivity index (χ1n) is 8.87. The molecule has 2 heterocycles. The van der Waals surface area contributed by atoms with Crippen LogP contribution in [0.25, 0.3) is 5.65 Å². The molecule has 9 nitrogen and oxygen atoms in total. The first kappa shape index (κ1) is 21.9. The van der Waals surface area contributed by atoms with E-state index in [0.29, 0.717) is 11.9 Å². The number of hydrogen-bond donors (Lipinski definition) is 1. The first-order chi connectivity index (χ1) is 13.0. The van der Waals surface area contributed by atoms with Gasteiger partial charge in [0.05, 0.1) is 12.3 Å². The minimum absolute atomic E-state index is 0.0981. The molecule has 1 fully saturated rings. The van der Waals surface area contributed by atoms with Crippen molar-refractivity contribution in [3.05, 3.63) is 23.0 Å². The van der Waals surface area contributed by atoms with Crippen molar-refractivity contribution >= 4 is 35.1 Å². The Labute approximate surface area is 168 Å². The first-order valence-corrected chi connectivity index (χ1v) is 9.25. The van der Waals surface area contributed by atoms with Gasteiger partial charge in [0, 0.05) is 20.2 Å². The van der Waals surface area contributed by atoms with E-state index in [0.717, 1.165) is 0 Å². The molecular weight excluding hydrogens is 386 g/mol. The Morgan fingerprint density at radius 3 is 2.43 bits per heavy atom. The fourth-order valence-electron chi connectivity index (χ4n) is 2.36. The van der Waals surface area contributed by atoms with Gasteiger partial charge in [-0.3, -0.25) is 9.69 Å². The van der Waals surface area contributed by atoms with E-state index in [9.17, 15) is 9.59 Å².